The maximum atomic E-state index is 13.3. The molecule has 126 valence electrons. The van der Waals surface area contributed by atoms with E-state index in [9.17, 15) is 17.6 Å². The normalized spacial score (nSPS) is 12.0. The number of benzene rings is 1. The standard InChI is InChI=1S/C15H19FN2O4S/c1-4-23(20,21)18(3)9-15(19)17-8-14-10(2)12-7-11(16)5-6-13(12)22-14/h5-7H,4,8-9H2,1-3H3,(H,17,19). The van der Waals surface area contributed by atoms with Crippen molar-refractivity contribution in [1.82, 2.24) is 9.62 Å². The molecule has 0 aliphatic rings. The Bertz CT molecular complexity index is 829. The number of aryl methyl sites for hydroxylation is 1. The molecule has 1 amide bonds. The predicted molar refractivity (Wildman–Crippen MR) is 84.8 cm³/mol. The fourth-order valence-corrected chi connectivity index (χ4v) is 2.92. The number of nitrogens with one attached hydrogen (secondary N) is 1. The highest BCUT2D eigenvalue weighted by Crippen LogP contribution is 2.25. The summed E-state index contributed by atoms with van der Waals surface area (Å²) < 4.78 is 43.1. The molecule has 0 aliphatic carbocycles. The Hall–Kier alpha value is -1.93. The van der Waals surface area contributed by atoms with E-state index in [-0.39, 0.29) is 24.7 Å². The van der Waals surface area contributed by atoms with Gasteiger partial charge < -0.3 is 9.73 Å². The van der Waals surface area contributed by atoms with Crippen molar-refractivity contribution in [2.24, 2.45) is 0 Å². The molecule has 0 fully saturated rings. The topological polar surface area (TPSA) is 79.6 Å². The number of likely N-dealkylation sites (N-methyl/N-ethyl adjacent to an activating group) is 1. The number of nitrogens with zero attached hydrogens (tertiary/aromatic N) is 1. The molecule has 0 spiro atoms. The third-order valence-corrected chi connectivity index (χ3v) is 5.46. The molecule has 1 heterocycles. The number of amides is 1. The Morgan fingerprint density at radius 2 is 2.09 bits per heavy atom. The Labute approximate surface area is 134 Å². The molecular formula is C15H19FN2O4S. The van der Waals surface area contributed by atoms with Crippen molar-refractivity contribution in [3.8, 4) is 0 Å². The zero-order valence-electron chi connectivity index (χ0n) is 13.2. The van der Waals surface area contributed by atoms with Crippen LogP contribution >= 0.6 is 0 Å². The molecule has 0 saturated heterocycles. The zero-order chi connectivity index (χ0) is 17.2. The molecule has 0 radical (unpaired) electrons. The van der Waals surface area contributed by atoms with Gasteiger partial charge in [0.05, 0.1) is 18.8 Å². The molecule has 0 aliphatic heterocycles. The van der Waals surface area contributed by atoms with Crippen molar-refractivity contribution in [2.75, 3.05) is 19.3 Å². The third-order valence-electron chi connectivity index (χ3n) is 3.65. The molecule has 2 aromatic rings. The highest BCUT2D eigenvalue weighted by molar-refractivity contribution is 7.89. The summed E-state index contributed by atoms with van der Waals surface area (Å²) in [6.45, 7) is 3.14. The van der Waals surface area contributed by atoms with Crippen molar-refractivity contribution in [2.45, 2.75) is 20.4 Å². The van der Waals surface area contributed by atoms with Crippen LogP contribution in [0.2, 0.25) is 0 Å². The number of furan rings is 1. The summed E-state index contributed by atoms with van der Waals surface area (Å²) in [6.07, 6.45) is 0. The molecule has 1 N–H and O–H groups in total. The van der Waals surface area contributed by atoms with Gasteiger partial charge in [0, 0.05) is 18.0 Å². The maximum absolute atomic E-state index is 13.3. The van der Waals surface area contributed by atoms with Crippen LogP contribution in [0.4, 0.5) is 4.39 Å². The van der Waals surface area contributed by atoms with Crippen LogP contribution in [-0.2, 0) is 21.4 Å². The number of carbonyl (C=O) groups excluding carboxylic acids is 1. The first kappa shape index (κ1) is 17.4. The number of halogens is 1. The van der Waals surface area contributed by atoms with Crippen LogP contribution in [0.15, 0.2) is 22.6 Å². The van der Waals surface area contributed by atoms with Crippen molar-refractivity contribution < 1.29 is 22.0 Å². The van der Waals surface area contributed by atoms with E-state index in [0.717, 1.165) is 9.87 Å². The van der Waals surface area contributed by atoms with E-state index in [1.165, 1.54) is 32.2 Å². The van der Waals surface area contributed by atoms with Crippen molar-refractivity contribution in [3.05, 3.63) is 35.3 Å². The van der Waals surface area contributed by atoms with Crippen LogP contribution in [0, 0.1) is 12.7 Å². The van der Waals surface area contributed by atoms with Gasteiger partial charge >= 0.3 is 0 Å². The van der Waals surface area contributed by atoms with Gasteiger partial charge in [-0.3, -0.25) is 4.79 Å². The molecule has 6 nitrogen and oxygen atoms in total. The van der Waals surface area contributed by atoms with Gasteiger partial charge in [-0.05, 0) is 32.0 Å². The number of carbonyl (C=O) groups is 1. The minimum Gasteiger partial charge on any atom is -0.459 e. The molecular weight excluding hydrogens is 323 g/mol. The van der Waals surface area contributed by atoms with E-state index < -0.39 is 15.9 Å². The molecule has 0 atom stereocenters. The van der Waals surface area contributed by atoms with Crippen LogP contribution in [0.3, 0.4) is 0 Å². The van der Waals surface area contributed by atoms with Crippen molar-refractivity contribution >= 4 is 26.9 Å². The van der Waals surface area contributed by atoms with Gasteiger partial charge in [-0.1, -0.05) is 0 Å². The number of hydrogen-bond acceptors (Lipinski definition) is 4. The molecule has 0 saturated carbocycles. The molecule has 0 bridgehead atoms. The molecule has 2 rings (SSSR count). The summed E-state index contributed by atoms with van der Waals surface area (Å²) in [5, 5.41) is 3.26. The van der Waals surface area contributed by atoms with E-state index in [1.54, 1.807) is 6.92 Å². The lowest BCUT2D eigenvalue weighted by molar-refractivity contribution is -0.121. The lowest BCUT2D eigenvalue weighted by atomic mass is 10.1. The van der Waals surface area contributed by atoms with E-state index >= 15 is 0 Å². The minimum absolute atomic E-state index is 0.0645. The SMILES string of the molecule is CCS(=O)(=O)N(C)CC(=O)NCc1oc2ccc(F)cc2c1C. The summed E-state index contributed by atoms with van der Waals surface area (Å²) in [5.41, 5.74) is 1.29. The minimum atomic E-state index is -3.40. The Balaban J connectivity index is 2.04. The fourth-order valence-electron chi connectivity index (χ4n) is 2.17. The summed E-state index contributed by atoms with van der Waals surface area (Å²) in [5.74, 6) is -0.343. The molecule has 0 unspecified atom stereocenters. The number of hydrogen-bond donors (Lipinski definition) is 1. The second-order valence-electron chi connectivity index (χ2n) is 5.22. The van der Waals surface area contributed by atoms with Crippen molar-refractivity contribution in [3.63, 3.8) is 0 Å². The molecule has 8 heteroatoms. The Morgan fingerprint density at radius 3 is 2.74 bits per heavy atom. The van der Waals surface area contributed by atoms with Gasteiger partial charge in [-0.2, -0.15) is 4.31 Å². The lowest BCUT2D eigenvalue weighted by Crippen LogP contribution is -2.38. The predicted octanol–water partition coefficient (Wildman–Crippen LogP) is 1.78. The van der Waals surface area contributed by atoms with E-state index in [4.69, 9.17) is 4.42 Å². The third kappa shape index (κ3) is 3.89. The average molecular weight is 342 g/mol. The molecule has 23 heavy (non-hydrogen) atoms. The Morgan fingerprint density at radius 1 is 1.39 bits per heavy atom. The van der Waals surface area contributed by atoms with Crippen LogP contribution in [0.25, 0.3) is 11.0 Å². The van der Waals surface area contributed by atoms with Gasteiger partial charge in [-0.25, -0.2) is 12.8 Å². The second kappa shape index (κ2) is 6.67. The van der Waals surface area contributed by atoms with Gasteiger partial charge in [0.2, 0.25) is 15.9 Å². The summed E-state index contributed by atoms with van der Waals surface area (Å²) >= 11 is 0. The smallest absolute Gasteiger partial charge is 0.235 e. The molecule has 1 aromatic carbocycles. The van der Waals surface area contributed by atoms with Crippen LogP contribution < -0.4 is 5.32 Å². The van der Waals surface area contributed by atoms with Crippen LogP contribution in [-0.4, -0.2) is 38.0 Å². The average Bonchev–Trinajstić information content (AvgIpc) is 2.81. The Kier molecular flexibility index (Phi) is 5.06. The summed E-state index contributed by atoms with van der Waals surface area (Å²) in [6, 6.07) is 4.21. The molecule has 1 aromatic heterocycles. The first-order valence-corrected chi connectivity index (χ1v) is 8.73. The van der Waals surface area contributed by atoms with Gasteiger partial charge in [0.25, 0.3) is 0 Å². The largest absolute Gasteiger partial charge is 0.459 e. The van der Waals surface area contributed by atoms with E-state index in [2.05, 4.69) is 5.32 Å². The maximum Gasteiger partial charge on any atom is 0.235 e. The van der Waals surface area contributed by atoms with Crippen LogP contribution in [0.1, 0.15) is 18.2 Å². The summed E-state index contributed by atoms with van der Waals surface area (Å²) in [4.78, 5) is 11.9. The summed E-state index contributed by atoms with van der Waals surface area (Å²) in [7, 11) is -2.05. The highest BCUT2D eigenvalue weighted by atomic mass is 32.2. The van der Waals surface area contributed by atoms with Gasteiger partial charge in [0.15, 0.2) is 0 Å². The van der Waals surface area contributed by atoms with Gasteiger partial charge in [0.1, 0.15) is 17.2 Å². The number of fused-ring (bicyclic) bond motifs is 1. The quantitative estimate of drug-likeness (QED) is 0.868. The zero-order valence-corrected chi connectivity index (χ0v) is 14.0. The lowest BCUT2D eigenvalue weighted by Gasteiger charge is -2.15. The van der Waals surface area contributed by atoms with E-state index in [0.29, 0.717) is 16.7 Å². The number of rotatable bonds is 6. The van der Waals surface area contributed by atoms with E-state index in [1.807, 2.05) is 0 Å². The monoisotopic (exact) mass is 342 g/mol. The van der Waals surface area contributed by atoms with Crippen LogP contribution in [0.5, 0.6) is 0 Å². The second-order valence-corrected chi connectivity index (χ2v) is 7.59. The first-order chi connectivity index (χ1) is 10.7. The fraction of sp³-hybridized carbons (Fsp3) is 0.400. The number of sulfonamides is 1. The van der Waals surface area contributed by atoms with Gasteiger partial charge in [-0.15, -0.1) is 0 Å². The highest BCUT2D eigenvalue weighted by Gasteiger charge is 2.19. The first-order valence-electron chi connectivity index (χ1n) is 7.13. The van der Waals surface area contributed by atoms with Crippen molar-refractivity contribution in [1.29, 1.82) is 0 Å².